The van der Waals surface area contributed by atoms with Crippen molar-refractivity contribution in [1.82, 2.24) is 15.3 Å². The zero-order chi connectivity index (χ0) is 14.7. The number of hydrogen-bond acceptors (Lipinski definition) is 3. The molecule has 6 heteroatoms. The highest BCUT2D eigenvalue weighted by molar-refractivity contribution is 5.85. The van der Waals surface area contributed by atoms with Crippen LogP contribution < -0.4 is 11.1 Å². The first-order valence-electron chi connectivity index (χ1n) is 7.03. The first kappa shape index (κ1) is 17.5. The van der Waals surface area contributed by atoms with Crippen LogP contribution in [0.5, 0.6) is 0 Å². The number of fused-ring (bicyclic) bond motifs is 1. The summed E-state index contributed by atoms with van der Waals surface area (Å²) in [6.07, 6.45) is 0.883. The fraction of sp³-hybridized carbons (Fsp3) is 0.467. The van der Waals surface area contributed by atoms with E-state index in [1.54, 1.807) is 0 Å². The molecule has 1 heterocycles. The van der Waals surface area contributed by atoms with Gasteiger partial charge in [0.25, 0.3) is 0 Å². The number of aromatic amines is 1. The molecule has 0 saturated carbocycles. The van der Waals surface area contributed by atoms with Crippen LogP contribution in [0, 0.1) is 5.92 Å². The van der Waals surface area contributed by atoms with Crippen molar-refractivity contribution < 1.29 is 4.79 Å². The second-order valence-corrected chi connectivity index (χ2v) is 5.28. The van der Waals surface area contributed by atoms with Crippen LogP contribution in [0.3, 0.4) is 0 Å². The summed E-state index contributed by atoms with van der Waals surface area (Å²) in [5.41, 5.74) is 7.80. The number of nitrogens with one attached hydrogen (secondary N) is 2. The van der Waals surface area contributed by atoms with E-state index < -0.39 is 6.04 Å². The molecular weight excluding hydrogens is 288 g/mol. The van der Waals surface area contributed by atoms with Gasteiger partial charge in [-0.25, -0.2) is 4.98 Å². The summed E-state index contributed by atoms with van der Waals surface area (Å²) < 4.78 is 0. The van der Waals surface area contributed by atoms with Gasteiger partial charge < -0.3 is 16.0 Å². The van der Waals surface area contributed by atoms with Crippen molar-refractivity contribution in [1.29, 1.82) is 0 Å². The molecule has 0 aliphatic carbocycles. The number of hydrogen-bond donors (Lipinski definition) is 3. The van der Waals surface area contributed by atoms with Gasteiger partial charge in [-0.15, -0.1) is 12.4 Å². The Kier molecular flexibility index (Phi) is 6.18. The number of nitrogens with zero attached hydrogens (tertiary/aromatic N) is 1. The Morgan fingerprint density at radius 3 is 2.67 bits per heavy atom. The predicted octanol–water partition coefficient (Wildman–Crippen LogP) is 2.54. The molecule has 1 aromatic carbocycles. The molecule has 5 nitrogen and oxygen atoms in total. The van der Waals surface area contributed by atoms with Gasteiger partial charge in [0.1, 0.15) is 5.82 Å². The Balaban J connectivity index is 0.00000220. The molecule has 4 N–H and O–H groups in total. The van der Waals surface area contributed by atoms with E-state index in [2.05, 4.69) is 15.3 Å². The van der Waals surface area contributed by atoms with Crippen molar-refractivity contribution in [2.24, 2.45) is 11.7 Å². The van der Waals surface area contributed by atoms with Gasteiger partial charge in [0.05, 0.1) is 23.1 Å². The van der Waals surface area contributed by atoms with Crippen LogP contribution in [-0.4, -0.2) is 21.9 Å². The summed E-state index contributed by atoms with van der Waals surface area (Å²) in [4.78, 5) is 19.8. The number of halogens is 1. The number of carbonyl (C=O) groups excluding carboxylic acids is 1. The number of carbonyl (C=O) groups is 1. The average molecular weight is 311 g/mol. The normalized spacial score (nSPS) is 15.0. The Bertz CT molecular complexity index is 565. The summed E-state index contributed by atoms with van der Waals surface area (Å²) in [5.74, 6) is 0.779. The fourth-order valence-electron chi connectivity index (χ4n) is 2.07. The molecule has 0 bridgehead atoms. The number of amides is 1. The summed E-state index contributed by atoms with van der Waals surface area (Å²) in [6.45, 7) is 5.91. The maximum Gasteiger partial charge on any atom is 0.237 e. The van der Waals surface area contributed by atoms with Crippen LogP contribution in [-0.2, 0) is 4.79 Å². The highest BCUT2D eigenvalue weighted by Crippen LogP contribution is 2.16. The quantitative estimate of drug-likeness (QED) is 0.793. The van der Waals surface area contributed by atoms with Gasteiger partial charge >= 0.3 is 0 Å². The number of aromatic nitrogens is 2. The average Bonchev–Trinajstić information content (AvgIpc) is 2.89. The largest absolute Gasteiger partial charge is 0.345 e. The van der Waals surface area contributed by atoms with Gasteiger partial charge in [0.15, 0.2) is 0 Å². The SMILES string of the molecule is CCC(C)C(N)C(=O)NC(C)c1nc2ccccc2[nH]1.Cl. The second kappa shape index (κ2) is 7.43. The summed E-state index contributed by atoms with van der Waals surface area (Å²) in [6, 6.07) is 7.12. The summed E-state index contributed by atoms with van der Waals surface area (Å²) >= 11 is 0. The highest BCUT2D eigenvalue weighted by atomic mass is 35.5. The molecule has 116 valence electrons. The van der Waals surface area contributed by atoms with Crippen molar-refractivity contribution in [3.8, 4) is 0 Å². The molecule has 1 aromatic heterocycles. The van der Waals surface area contributed by atoms with E-state index in [1.807, 2.05) is 45.0 Å². The number of benzene rings is 1. The third-order valence-corrected chi connectivity index (χ3v) is 3.74. The third-order valence-electron chi connectivity index (χ3n) is 3.74. The zero-order valence-electron chi connectivity index (χ0n) is 12.6. The molecule has 2 rings (SSSR count). The second-order valence-electron chi connectivity index (χ2n) is 5.28. The van der Waals surface area contributed by atoms with Crippen LogP contribution in [0.4, 0.5) is 0 Å². The van der Waals surface area contributed by atoms with E-state index in [0.29, 0.717) is 0 Å². The number of para-hydroxylation sites is 2. The molecule has 0 aliphatic heterocycles. The highest BCUT2D eigenvalue weighted by Gasteiger charge is 2.22. The number of imidazole rings is 1. The smallest absolute Gasteiger partial charge is 0.237 e. The minimum atomic E-state index is -0.480. The maximum atomic E-state index is 12.1. The first-order valence-corrected chi connectivity index (χ1v) is 7.03. The first-order chi connectivity index (χ1) is 9.52. The van der Waals surface area contributed by atoms with E-state index in [-0.39, 0.29) is 30.3 Å². The standard InChI is InChI=1S/C15H22N4O.ClH/c1-4-9(2)13(16)15(20)17-10(3)14-18-11-7-5-6-8-12(11)19-14;/h5-10,13H,4,16H2,1-3H3,(H,17,20)(H,18,19);1H. The topological polar surface area (TPSA) is 83.8 Å². The zero-order valence-corrected chi connectivity index (χ0v) is 13.4. The van der Waals surface area contributed by atoms with Gasteiger partial charge in [-0.2, -0.15) is 0 Å². The maximum absolute atomic E-state index is 12.1. The van der Waals surface area contributed by atoms with Crippen molar-refractivity contribution in [2.75, 3.05) is 0 Å². The molecule has 0 spiro atoms. The van der Waals surface area contributed by atoms with Crippen LogP contribution in [0.25, 0.3) is 11.0 Å². The Labute approximate surface area is 131 Å². The minimum absolute atomic E-state index is 0. The number of rotatable bonds is 5. The van der Waals surface area contributed by atoms with Crippen LogP contribution in [0.2, 0.25) is 0 Å². The van der Waals surface area contributed by atoms with E-state index in [1.165, 1.54) is 0 Å². The molecule has 3 unspecified atom stereocenters. The third kappa shape index (κ3) is 3.95. The lowest BCUT2D eigenvalue weighted by Gasteiger charge is -2.20. The van der Waals surface area contributed by atoms with E-state index >= 15 is 0 Å². The molecule has 2 aromatic rings. The summed E-state index contributed by atoms with van der Waals surface area (Å²) in [5, 5.41) is 2.91. The molecule has 0 aliphatic rings. The molecule has 21 heavy (non-hydrogen) atoms. The minimum Gasteiger partial charge on any atom is -0.345 e. The predicted molar refractivity (Wildman–Crippen MR) is 87.3 cm³/mol. The lowest BCUT2D eigenvalue weighted by molar-refractivity contribution is -0.124. The van der Waals surface area contributed by atoms with Crippen molar-refractivity contribution in [3.05, 3.63) is 30.1 Å². The van der Waals surface area contributed by atoms with Crippen molar-refractivity contribution in [3.63, 3.8) is 0 Å². The van der Waals surface area contributed by atoms with E-state index in [4.69, 9.17) is 5.73 Å². The molecule has 1 amide bonds. The van der Waals surface area contributed by atoms with Crippen LogP contribution in [0.1, 0.15) is 39.1 Å². The lowest BCUT2D eigenvalue weighted by atomic mass is 9.99. The summed E-state index contributed by atoms with van der Waals surface area (Å²) in [7, 11) is 0. The molecule has 0 fully saturated rings. The lowest BCUT2D eigenvalue weighted by Crippen LogP contribution is -2.45. The van der Waals surface area contributed by atoms with Gasteiger partial charge in [-0.1, -0.05) is 32.4 Å². The Morgan fingerprint density at radius 1 is 1.38 bits per heavy atom. The molecule has 0 radical (unpaired) electrons. The fourth-order valence-corrected chi connectivity index (χ4v) is 2.07. The van der Waals surface area contributed by atoms with Crippen LogP contribution in [0.15, 0.2) is 24.3 Å². The van der Waals surface area contributed by atoms with Gasteiger partial charge in [0.2, 0.25) is 5.91 Å². The number of H-pyrrole nitrogens is 1. The Morgan fingerprint density at radius 2 is 2.05 bits per heavy atom. The van der Waals surface area contributed by atoms with Gasteiger partial charge in [-0.05, 0) is 25.0 Å². The van der Waals surface area contributed by atoms with E-state index in [0.717, 1.165) is 23.3 Å². The van der Waals surface area contributed by atoms with Crippen molar-refractivity contribution >= 4 is 29.3 Å². The van der Waals surface area contributed by atoms with Gasteiger partial charge in [0, 0.05) is 0 Å². The number of nitrogens with two attached hydrogens (primary N) is 1. The van der Waals surface area contributed by atoms with Crippen molar-refractivity contribution in [2.45, 2.75) is 39.3 Å². The molecule has 0 saturated heterocycles. The van der Waals surface area contributed by atoms with Gasteiger partial charge in [-0.3, -0.25) is 4.79 Å². The molecular formula is C15H23ClN4O. The monoisotopic (exact) mass is 310 g/mol. The van der Waals surface area contributed by atoms with Crippen LogP contribution >= 0.6 is 12.4 Å². The molecule has 3 atom stereocenters. The Hall–Kier alpha value is -1.59. The van der Waals surface area contributed by atoms with E-state index in [9.17, 15) is 4.79 Å².